The van der Waals surface area contributed by atoms with Crippen molar-refractivity contribution < 1.29 is 4.74 Å². The van der Waals surface area contributed by atoms with Crippen molar-refractivity contribution in [2.75, 3.05) is 0 Å². The van der Waals surface area contributed by atoms with Crippen molar-refractivity contribution in [3.63, 3.8) is 0 Å². The molecule has 4 fully saturated rings. The fourth-order valence-electron chi connectivity index (χ4n) is 3.94. The van der Waals surface area contributed by atoms with Gasteiger partial charge in [-0.1, -0.05) is 13.8 Å². The summed E-state index contributed by atoms with van der Waals surface area (Å²) in [6, 6.07) is 0. The number of ether oxygens (including phenoxy) is 1. The predicted octanol–water partition coefficient (Wildman–Crippen LogP) is 2.46. The van der Waals surface area contributed by atoms with Crippen molar-refractivity contribution >= 4 is 0 Å². The highest BCUT2D eigenvalue weighted by Gasteiger charge is 2.68. The van der Waals surface area contributed by atoms with Crippen molar-refractivity contribution in [3.05, 3.63) is 0 Å². The van der Waals surface area contributed by atoms with Gasteiger partial charge in [-0.15, -0.1) is 0 Å². The first-order chi connectivity index (χ1) is 5.64. The smallest absolute Gasteiger partial charge is 0.0954 e. The summed E-state index contributed by atoms with van der Waals surface area (Å²) >= 11 is 0. The first-order valence-corrected chi connectivity index (χ1v) is 5.32. The van der Waals surface area contributed by atoms with Crippen LogP contribution >= 0.6 is 0 Å². The molecule has 6 unspecified atom stereocenters. The molecule has 1 aliphatic heterocycles. The summed E-state index contributed by atoms with van der Waals surface area (Å²) < 4.78 is 5.89. The topological polar surface area (TPSA) is 12.5 Å². The number of fused-ring (bicyclic) bond motifs is 2. The van der Waals surface area contributed by atoms with Gasteiger partial charge in [0.15, 0.2) is 0 Å². The Bertz CT molecular complexity index is 223. The van der Waals surface area contributed by atoms with Crippen LogP contribution in [0.25, 0.3) is 0 Å². The molecule has 0 radical (unpaired) electrons. The molecule has 1 heterocycles. The Morgan fingerprint density at radius 1 is 1.17 bits per heavy atom. The Balaban J connectivity index is 1.99. The number of epoxide rings is 1. The minimum Gasteiger partial charge on any atom is -0.366 e. The zero-order valence-corrected chi connectivity index (χ0v) is 8.21. The van der Waals surface area contributed by atoms with Crippen LogP contribution in [0.4, 0.5) is 0 Å². The second-order valence-electron chi connectivity index (χ2n) is 5.29. The van der Waals surface area contributed by atoms with Crippen molar-refractivity contribution in [1.29, 1.82) is 0 Å². The molecule has 4 rings (SSSR count). The van der Waals surface area contributed by atoms with Gasteiger partial charge < -0.3 is 4.74 Å². The minimum atomic E-state index is 0.314. The van der Waals surface area contributed by atoms with Crippen LogP contribution < -0.4 is 0 Å². The molecule has 1 heteroatoms. The van der Waals surface area contributed by atoms with E-state index >= 15 is 0 Å². The summed E-state index contributed by atoms with van der Waals surface area (Å²) in [5.41, 5.74) is 0.314. The van der Waals surface area contributed by atoms with E-state index in [2.05, 4.69) is 20.8 Å². The number of hydrogen-bond donors (Lipinski definition) is 0. The van der Waals surface area contributed by atoms with Gasteiger partial charge in [0.2, 0.25) is 0 Å². The third-order valence-corrected chi connectivity index (χ3v) is 4.96. The van der Waals surface area contributed by atoms with Crippen LogP contribution in [0.5, 0.6) is 0 Å². The second-order valence-corrected chi connectivity index (χ2v) is 5.29. The third-order valence-electron chi connectivity index (χ3n) is 4.96. The van der Waals surface area contributed by atoms with E-state index in [-0.39, 0.29) is 0 Å². The molecule has 1 nitrogen and oxygen atoms in total. The summed E-state index contributed by atoms with van der Waals surface area (Å²) in [6.45, 7) is 7.17. The summed E-state index contributed by atoms with van der Waals surface area (Å²) in [4.78, 5) is 0. The second kappa shape index (κ2) is 1.89. The highest BCUT2D eigenvalue weighted by molar-refractivity contribution is 5.16. The molecule has 0 aromatic carbocycles. The molecule has 3 saturated carbocycles. The van der Waals surface area contributed by atoms with E-state index in [9.17, 15) is 0 Å². The molecule has 0 amide bonds. The summed E-state index contributed by atoms with van der Waals surface area (Å²) in [6.07, 6.45) is 3.49. The van der Waals surface area contributed by atoms with Gasteiger partial charge in [0, 0.05) is 0 Å². The minimum absolute atomic E-state index is 0.314. The highest BCUT2D eigenvalue weighted by Crippen LogP contribution is 2.64. The van der Waals surface area contributed by atoms with Crippen LogP contribution in [-0.4, -0.2) is 11.7 Å². The lowest BCUT2D eigenvalue weighted by molar-refractivity contribution is 0.0431. The first-order valence-electron chi connectivity index (χ1n) is 5.32. The van der Waals surface area contributed by atoms with E-state index in [0.29, 0.717) is 11.7 Å². The number of hydrogen-bond acceptors (Lipinski definition) is 1. The zero-order chi connectivity index (χ0) is 8.51. The summed E-state index contributed by atoms with van der Waals surface area (Å²) in [5, 5.41) is 0. The van der Waals surface area contributed by atoms with Crippen molar-refractivity contribution in [2.24, 2.45) is 23.7 Å². The Morgan fingerprint density at radius 3 is 2.58 bits per heavy atom. The SMILES string of the molecule is CC1C(C)C2CCC1C1OC21C. The van der Waals surface area contributed by atoms with Gasteiger partial charge in [0.05, 0.1) is 11.7 Å². The molecular formula is C11H18O. The lowest BCUT2D eigenvalue weighted by Crippen LogP contribution is -2.47. The molecule has 0 spiro atoms. The van der Waals surface area contributed by atoms with E-state index in [1.807, 2.05) is 0 Å². The molecule has 3 aliphatic carbocycles. The lowest BCUT2D eigenvalue weighted by Gasteiger charge is -2.46. The molecular weight excluding hydrogens is 148 g/mol. The monoisotopic (exact) mass is 166 g/mol. The maximum atomic E-state index is 5.89. The van der Waals surface area contributed by atoms with Gasteiger partial charge in [-0.2, -0.15) is 0 Å². The van der Waals surface area contributed by atoms with E-state index in [4.69, 9.17) is 4.74 Å². The molecule has 6 atom stereocenters. The third kappa shape index (κ3) is 0.618. The zero-order valence-electron chi connectivity index (χ0n) is 8.21. The molecule has 2 bridgehead atoms. The van der Waals surface area contributed by atoms with Crippen LogP contribution in [0.2, 0.25) is 0 Å². The Labute approximate surface area is 74.5 Å². The Morgan fingerprint density at radius 2 is 1.92 bits per heavy atom. The molecule has 12 heavy (non-hydrogen) atoms. The molecule has 1 saturated heterocycles. The average Bonchev–Trinajstić information content (AvgIpc) is 2.71. The van der Waals surface area contributed by atoms with Gasteiger partial charge in [-0.25, -0.2) is 0 Å². The maximum absolute atomic E-state index is 5.89. The average molecular weight is 166 g/mol. The van der Waals surface area contributed by atoms with Crippen LogP contribution in [0.15, 0.2) is 0 Å². The standard InChI is InChI=1S/C11H18O/c1-6-7(2)9-5-4-8(6)10-11(9,3)12-10/h6-10H,4-5H2,1-3H3. The van der Waals surface area contributed by atoms with Gasteiger partial charge in [-0.3, -0.25) is 0 Å². The van der Waals surface area contributed by atoms with Crippen LogP contribution in [0, 0.1) is 23.7 Å². The molecule has 4 aliphatic rings. The van der Waals surface area contributed by atoms with Crippen molar-refractivity contribution in [1.82, 2.24) is 0 Å². The fraction of sp³-hybridized carbons (Fsp3) is 1.00. The molecule has 0 aromatic heterocycles. The van der Waals surface area contributed by atoms with Crippen LogP contribution in [0.1, 0.15) is 33.6 Å². The normalized spacial score (nSPS) is 67.8. The van der Waals surface area contributed by atoms with Crippen LogP contribution in [-0.2, 0) is 4.74 Å². The molecule has 0 N–H and O–H groups in total. The van der Waals surface area contributed by atoms with Crippen LogP contribution in [0.3, 0.4) is 0 Å². The Kier molecular flexibility index (Phi) is 1.16. The van der Waals surface area contributed by atoms with E-state index in [1.165, 1.54) is 12.8 Å². The summed E-state index contributed by atoms with van der Waals surface area (Å²) in [7, 11) is 0. The maximum Gasteiger partial charge on any atom is 0.0954 e. The van der Waals surface area contributed by atoms with Crippen molar-refractivity contribution in [3.8, 4) is 0 Å². The number of rotatable bonds is 0. The van der Waals surface area contributed by atoms with Crippen molar-refractivity contribution in [2.45, 2.75) is 45.3 Å². The molecule has 0 aromatic rings. The van der Waals surface area contributed by atoms with Gasteiger partial charge >= 0.3 is 0 Å². The van der Waals surface area contributed by atoms with Gasteiger partial charge in [0.25, 0.3) is 0 Å². The van der Waals surface area contributed by atoms with Gasteiger partial charge in [0.1, 0.15) is 0 Å². The fourth-order valence-corrected chi connectivity index (χ4v) is 3.94. The summed E-state index contributed by atoms with van der Waals surface area (Å²) in [5.74, 6) is 3.55. The largest absolute Gasteiger partial charge is 0.366 e. The highest BCUT2D eigenvalue weighted by atomic mass is 16.6. The lowest BCUT2D eigenvalue weighted by atomic mass is 9.56. The van der Waals surface area contributed by atoms with E-state index in [0.717, 1.165) is 23.7 Å². The van der Waals surface area contributed by atoms with E-state index in [1.54, 1.807) is 0 Å². The predicted molar refractivity (Wildman–Crippen MR) is 47.8 cm³/mol. The molecule has 68 valence electrons. The van der Waals surface area contributed by atoms with E-state index < -0.39 is 0 Å². The van der Waals surface area contributed by atoms with Gasteiger partial charge in [-0.05, 0) is 43.4 Å². The Hall–Kier alpha value is -0.0400. The first kappa shape index (κ1) is 7.37. The quantitative estimate of drug-likeness (QED) is 0.504.